The summed E-state index contributed by atoms with van der Waals surface area (Å²) >= 11 is 0. The first-order chi connectivity index (χ1) is 9.74. The maximum absolute atomic E-state index is 13.0. The molecule has 0 fully saturated rings. The van der Waals surface area contributed by atoms with Crippen molar-refractivity contribution in [2.45, 2.75) is 6.54 Å². The maximum Gasteiger partial charge on any atom is 0.123 e. The fourth-order valence-corrected chi connectivity index (χ4v) is 2.04. The molecule has 0 atom stereocenters. The third-order valence-corrected chi connectivity index (χ3v) is 2.95. The van der Waals surface area contributed by atoms with Crippen molar-refractivity contribution in [1.29, 1.82) is 0 Å². The summed E-state index contributed by atoms with van der Waals surface area (Å²) in [6.07, 6.45) is 8.95. The van der Waals surface area contributed by atoms with Crippen LogP contribution in [0.2, 0.25) is 0 Å². The highest BCUT2D eigenvalue weighted by molar-refractivity contribution is 5.62. The first-order valence-electron chi connectivity index (χ1n) is 6.29. The van der Waals surface area contributed by atoms with Crippen LogP contribution in [0.1, 0.15) is 5.56 Å². The first-order valence-corrected chi connectivity index (χ1v) is 6.29. The molecule has 4 heteroatoms. The largest absolute Gasteiger partial charge is 0.284 e. The fourth-order valence-electron chi connectivity index (χ4n) is 2.04. The minimum Gasteiger partial charge on any atom is -0.284 e. The molecule has 1 aromatic heterocycles. The molecule has 0 saturated carbocycles. The van der Waals surface area contributed by atoms with Crippen LogP contribution in [0.25, 0.3) is 11.3 Å². The van der Waals surface area contributed by atoms with Gasteiger partial charge < -0.3 is 0 Å². The topological polar surface area (TPSA) is 31.9 Å². The van der Waals surface area contributed by atoms with Gasteiger partial charge in [-0.25, -0.2) is 4.39 Å². The molecule has 1 aromatic carbocycles. The SMILES string of the molecule is C#CCN(CC=C)Cc1cn[nH]c1-c1ccc(F)cc1. The number of H-pyrrole nitrogens is 1. The standard InChI is InChI=1S/C16H16FN3/c1-3-9-20(10-4-2)12-14-11-18-19-16(14)13-5-7-15(17)8-6-13/h1,4-8,11H,2,9-10,12H2,(H,18,19). The Balaban J connectivity index is 2.21. The van der Waals surface area contributed by atoms with Crippen molar-refractivity contribution in [1.82, 2.24) is 15.1 Å². The minimum atomic E-state index is -0.254. The van der Waals surface area contributed by atoms with Gasteiger partial charge in [-0.1, -0.05) is 12.0 Å². The molecule has 3 nitrogen and oxygen atoms in total. The summed E-state index contributed by atoms with van der Waals surface area (Å²) < 4.78 is 13.0. The van der Waals surface area contributed by atoms with E-state index in [1.807, 2.05) is 6.08 Å². The summed E-state index contributed by atoms with van der Waals surface area (Å²) in [5.74, 6) is 2.38. The highest BCUT2D eigenvalue weighted by Gasteiger charge is 2.11. The van der Waals surface area contributed by atoms with E-state index in [1.165, 1.54) is 12.1 Å². The number of terminal acetylenes is 1. The van der Waals surface area contributed by atoms with E-state index in [4.69, 9.17) is 6.42 Å². The van der Waals surface area contributed by atoms with E-state index in [0.29, 0.717) is 19.6 Å². The molecule has 2 aromatic rings. The molecule has 0 bridgehead atoms. The van der Waals surface area contributed by atoms with Gasteiger partial charge in [-0.15, -0.1) is 13.0 Å². The Kier molecular flexibility index (Phi) is 4.70. The second kappa shape index (κ2) is 6.69. The van der Waals surface area contributed by atoms with Gasteiger partial charge >= 0.3 is 0 Å². The van der Waals surface area contributed by atoms with Gasteiger partial charge in [0.2, 0.25) is 0 Å². The van der Waals surface area contributed by atoms with E-state index in [9.17, 15) is 4.39 Å². The Bertz CT molecular complexity index is 607. The van der Waals surface area contributed by atoms with Gasteiger partial charge in [-0.3, -0.25) is 10.00 Å². The summed E-state index contributed by atoms with van der Waals surface area (Å²) in [4.78, 5) is 2.07. The predicted molar refractivity (Wildman–Crippen MR) is 78.3 cm³/mol. The van der Waals surface area contributed by atoms with Crippen LogP contribution in [0.5, 0.6) is 0 Å². The predicted octanol–water partition coefficient (Wildman–Crippen LogP) is 2.84. The molecule has 0 aliphatic heterocycles. The van der Waals surface area contributed by atoms with Gasteiger partial charge in [0.15, 0.2) is 0 Å². The van der Waals surface area contributed by atoms with Gasteiger partial charge in [-0.05, 0) is 24.3 Å². The van der Waals surface area contributed by atoms with Gasteiger partial charge in [0.25, 0.3) is 0 Å². The van der Waals surface area contributed by atoms with Crippen LogP contribution in [-0.2, 0) is 6.54 Å². The summed E-state index contributed by atoms with van der Waals surface area (Å²) in [6.45, 7) is 5.64. The monoisotopic (exact) mass is 269 g/mol. The quantitative estimate of drug-likeness (QED) is 0.646. The molecule has 20 heavy (non-hydrogen) atoms. The zero-order valence-electron chi connectivity index (χ0n) is 11.1. The number of aromatic amines is 1. The molecule has 0 unspecified atom stereocenters. The fraction of sp³-hybridized carbons (Fsp3) is 0.188. The van der Waals surface area contributed by atoms with E-state index in [-0.39, 0.29) is 5.82 Å². The van der Waals surface area contributed by atoms with Crippen molar-refractivity contribution >= 4 is 0 Å². The zero-order valence-corrected chi connectivity index (χ0v) is 11.1. The second-order valence-corrected chi connectivity index (χ2v) is 4.44. The Hall–Kier alpha value is -2.38. The molecule has 1 N–H and O–H groups in total. The van der Waals surface area contributed by atoms with Gasteiger partial charge in [-0.2, -0.15) is 5.10 Å². The Morgan fingerprint density at radius 3 is 2.80 bits per heavy atom. The average Bonchev–Trinajstić information content (AvgIpc) is 2.88. The van der Waals surface area contributed by atoms with E-state index in [2.05, 4.69) is 27.6 Å². The van der Waals surface area contributed by atoms with E-state index < -0.39 is 0 Å². The molecule has 0 radical (unpaired) electrons. The molecule has 0 aliphatic carbocycles. The molecule has 1 heterocycles. The molecule has 0 amide bonds. The lowest BCUT2D eigenvalue weighted by Crippen LogP contribution is -2.23. The Labute approximate surface area is 118 Å². The molecular formula is C16H16FN3. The number of nitrogens with one attached hydrogen (secondary N) is 1. The van der Waals surface area contributed by atoms with Crippen molar-refractivity contribution < 1.29 is 4.39 Å². The Morgan fingerprint density at radius 1 is 1.40 bits per heavy atom. The highest BCUT2D eigenvalue weighted by atomic mass is 19.1. The highest BCUT2D eigenvalue weighted by Crippen LogP contribution is 2.22. The van der Waals surface area contributed by atoms with Crippen LogP contribution in [-0.4, -0.2) is 28.2 Å². The number of aromatic nitrogens is 2. The van der Waals surface area contributed by atoms with Crippen LogP contribution < -0.4 is 0 Å². The summed E-state index contributed by atoms with van der Waals surface area (Å²) in [5.41, 5.74) is 2.81. The Morgan fingerprint density at radius 2 is 2.15 bits per heavy atom. The molecule has 0 saturated heterocycles. The van der Waals surface area contributed by atoms with Crippen molar-refractivity contribution in [3.8, 4) is 23.6 Å². The number of halogens is 1. The maximum atomic E-state index is 13.0. The van der Waals surface area contributed by atoms with Crippen molar-refractivity contribution in [3.63, 3.8) is 0 Å². The lowest BCUT2D eigenvalue weighted by molar-refractivity contribution is 0.333. The molecular weight excluding hydrogens is 253 g/mol. The first kappa shape index (κ1) is 14.0. The van der Waals surface area contributed by atoms with Crippen molar-refractivity contribution in [2.24, 2.45) is 0 Å². The van der Waals surface area contributed by atoms with Gasteiger partial charge in [0.05, 0.1) is 18.4 Å². The van der Waals surface area contributed by atoms with Crippen LogP contribution in [0.15, 0.2) is 43.1 Å². The third-order valence-electron chi connectivity index (χ3n) is 2.95. The molecule has 2 rings (SSSR count). The summed E-state index contributed by atoms with van der Waals surface area (Å²) in [6, 6.07) is 6.32. The van der Waals surface area contributed by atoms with Crippen LogP contribution in [0, 0.1) is 18.2 Å². The number of rotatable bonds is 6. The van der Waals surface area contributed by atoms with Crippen LogP contribution >= 0.6 is 0 Å². The summed E-state index contributed by atoms with van der Waals surface area (Å²) in [5, 5.41) is 7.03. The second-order valence-electron chi connectivity index (χ2n) is 4.44. The lowest BCUT2D eigenvalue weighted by Gasteiger charge is -2.17. The van der Waals surface area contributed by atoms with Gasteiger partial charge in [0, 0.05) is 24.2 Å². The molecule has 0 spiro atoms. The van der Waals surface area contributed by atoms with Crippen molar-refractivity contribution in [3.05, 3.63) is 54.5 Å². The minimum absolute atomic E-state index is 0.254. The lowest BCUT2D eigenvalue weighted by atomic mass is 10.1. The third kappa shape index (κ3) is 3.34. The number of hydrogen-bond donors (Lipinski definition) is 1. The van der Waals surface area contributed by atoms with Crippen LogP contribution in [0.4, 0.5) is 4.39 Å². The van der Waals surface area contributed by atoms with Crippen molar-refractivity contribution in [2.75, 3.05) is 13.1 Å². The number of hydrogen-bond acceptors (Lipinski definition) is 2. The smallest absolute Gasteiger partial charge is 0.123 e. The normalized spacial score (nSPS) is 10.4. The molecule has 102 valence electrons. The zero-order chi connectivity index (χ0) is 14.4. The van der Waals surface area contributed by atoms with Crippen LogP contribution in [0.3, 0.4) is 0 Å². The molecule has 0 aliphatic rings. The number of nitrogens with zero attached hydrogens (tertiary/aromatic N) is 2. The van der Waals surface area contributed by atoms with E-state index in [1.54, 1.807) is 18.3 Å². The summed E-state index contributed by atoms with van der Waals surface area (Å²) in [7, 11) is 0. The average molecular weight is 269 g/mol. The van der Waals surface area contributed by atoms with E-state index >= 15 is 0 Å². The number of benzene rings is 1. The van der Waals surface area contributed by atoms with Gasteiger partial charge in [0.1, 0.15) is 5.82 Å². The van der Waals surface area contributed by atoms with E-state index in [0.717, 1.165) is 16.8 Å².